The molecule has 0 bridgehead atoms. The number of rotatable bonds is 2. The van der Waals surface area contributed by atoms with Gasteiger partial charge in [-0.2, -0.15) is 0 Å². The molecule has 4 nitrogen and oxygen atoms in total. The van der Waals surface area contributed by atoms with E-state index in [4.69, 9.17) is 11.6 Å². The van der Waals surface area contributed by atoms with Crippen LogP contribution >= 0.6 is 11.6 Å². The van der Waals surface area contributed by atoms with Gasteiger partial charge in [0.05, 0.1) is 5.39 Å². The largest absolute Gasteiger partial charge is 0.573 e. The average Bonchev–Trinajstić information content (AvgIpc) is 2.83. The fraction of sp³-hybridized carbons (Fsp3) is 0.0769. The molecule has 0 unspecified atom stereocenters. The van der Waals surface area contributed by atoms with Crippen molar-refractivity contribution in [1.29, 1.82) is 0 Å². The molecule has 0 aliphatic rings. The van der Waals surface area contributed by atoms with Crippen LogP contribution in [0.2, 0.25) is 5.15 Å². The van der Waals surface area contributed by atoms with Crippen LogP contribution in [0.5, 0.6) is 5.75 Å². The van der Waals surface area contributed by atoms with Crippen molar-refractivity contribution in [2.75, 3.05) is 0 Å². The standard InChI is InChI=1S/C13H7ClF3N3O/c14-11-10-8(5-18-12(10)20-6-19-11)7-3-1-2-4-9(7)21-13(15,16)17/h1-6H,(H,18,19,20). The van der Waals surface area contributed by atoms with Gasteiger partial charge in [-0.3, -0.25) is 0 Å². The molecule has 0 saturated heterocycles. The first-order chi connectivity index (χ1) is 9.96. The fourth-order valence-corrected chi connectivity index (χ4v) is 2.28. The van der Waals surface area contributed by atoms with Crippen molar-refractivity contribution in [2.45, 2.75) is 6.36 Å². The minimum atomic E-state index is -4.78. The van der Waals surface area contributed by atoms with Gasteiger partial charge in [0, 0.05) is 17.3 Å². The van der Waals surface area contributed by atoms with Crippen molar-refractivity contribution in [3.8, 4) is 16.9 Å². The molecule has 8 heteroatoms. The van der Waals surface area contributed by atoms with Crippen molar-refractivity contribution >= 4 is 22.6 Å². The van der Waals surface area contributed by atoms with Crippen LogP contribution in [-0.2, 0) is 0 Å². The van der Waals surface area contributed by atoms with E-state index in [1.165, 1.54) is 30.7 Å². The molecule has 21 heavy (non-hydrogen) atoms. The first-order valence-electron chi connectivity index (χ1n) is 5.78. The van der Waals surface area contributed by atoms with E-state index in [0.29, 0.717) is 16.6 Å². The van der Waals surface area contributed by atoms with Gasteiger partial charge in [-0.1, -0.05) is 29.8 Å². The third-order valence-corrected chi connectivity index (χ3v) is 3.11. The molecular formula is C13H7ClF3N3O. The molecule has 0 fully saturated rings. The normalized spacial score (nSPS) is 11.8. The van der Waals surface area contributed by atoms with Crippen LogP contribution in [0.4, 0.5) is 13.2 Å². The Bertz CT molecular complexity index is 801. The predicted octanol–water partition coefficient (Wildman–Crippen LogP) is 4.18. The highest BCUT2D eigenvalue weighted by Crippen LogP contribution is 2.38. The van der Waals surface area contributed by atoms with Crippen LogP contribution < -0.4 is 4.74 Å². The average molecular weight is 314 g/mol. The second kappa shape index (κ2) is 4.92. The maximum Gasteiger partial charge on any atom is 0.573 e. The Morgan fingerprint density at radius 1 is 1.10 bits per heavy atom. The SMILES string of the molecule is FC(F)(F)Oc1ccccc1-c1c[nH]c2ncnc(Cl)c12. The van der Waals surface area contributed by atoms with Crippen molar-refractivity contribution in [3.05, 3.63) is 41.9 Å². The third-order valence-electron chi connectivity index (χ3n) is 2.83. The lowest BCUT2D eigenvalue weighted by Crippen LogP contribution is -2.17. The molecule has 0 spiro atoms. The van der Waals surface area contributed by atoms with Crippen molar-refractivity contribution in [1.82, 2.24) is 15.0 Å². The van der Waals surface area contributed by atoms with Gasteiger partial charge in [-0.25, -0.2) is 9.97 Å². The summed E-state index contributed by atoms with van der Waals surface area (Å²) in [6, 6.07) is 5.80. The lowest BCUT2D eigenvalue weighted by Gasteiger charge is -2.12. The maximum atomic E-state index is 12.5. The molecule has 3 aromatic rings. The molecule has 2 aromatic heterocycles. The van der Waals surface area contributed by atoms with Gasteiger partial charge in [-0.15, -0.1) is 13.2 Å². The van der Waals surface area contributed by atoms with Crippen LogP contribution in [-0.4, -0.2) is 21.3 Å². The van der Waals surface area contributed by atoms with E-state index in [-0.39, 0.29) is 16.5 Å². The van der Waals surface area contributed by atoms with Crippen molar-refractivity contribution in [3.63, 3.8) is 0 Å². The Labute approximate surface area is 121 Å². The Morgan fingerprint density at radius 3 is 2.62 bits per heavy atom. The predicted molar refractivity (Wildman–Crippen MR) is 71.0 cm³/mol. The van der Waals surface area contributed by atoms with Gasteiger partial charge in [0.1, 0.15) is 22.9 Å². The number of para-hydroxylation sites is 1. The Morgan fingerprint density at radius 2 is 1.86 bits per heavy atom. The molecule has 1 aromatic carbocycles. The molecule has 0 atom stereocenters. The smallest absolute Gasteiger partial charge is 0.405 e. The van der Waals surface area contributed by atoms with Crippen LogP contribution in [0, 0.1) is 0 Å². The number of ether oxygens (including phenoxy) is 1. The van der Waals surface area contributed by atoms with E-state index in [2.05, 4.69) is 19.7 Å². The molecule has 0 saturated carbocycles. The molecule has 108 valence electrons. The zero-order valence-corrected chi connectivity index (χ0v) is 11.0. The Kier molecular flexibility index (Phi) is 3.21. The van der Waals surface area contributed by atoms with Gasteiger partial charge in [0.25, 0.3) is 0 Å². The van der Waals surface area contributed by atoms with Gasteiger partial charge >= 0.3 is 6.36 Å². The number of benzene rings is 1. The summed E-state index contributed by atoms with van der Waals surface area (Å²) in [5, 5.41) is 0.593. The summed E-state index contributed by atoms with van der Waals surface area (Å²) in [6.07, 6.45) is -1.99. The molecule has 1 N–H and O–H groups in total. The number of hydrogen-bond acceptors (Lipinski definition) is 3. The number of alkyl halides is 3. The quantitative estimate of drug-likeness (QED) is 0.722. The van der Waals surface area contributed by atoms with Crippen molar-refractivity contribution in [2.24, 2.45) is 0 Å². The van der Waals surface area contributed by atoms with Crippen LogP contribution in [0.15, 0.2) is 36.8 Å². The van der Waals surface area contributed by atoms with E-state index in [0.717, 1.165) is 0 Å². The van der Waals surface area contributed by atoms with Crippen LogP contribution in [0.1, 0.15) is 0 Å². The molecule has 0 amide bonds. The number of aromatic nitrogens is 3. The van der Waals surface area contributed by atoms with E-state index >= 15 is 0 Å². The van der Waals surface area contributed by atoms with Gasteiger partial charge in [0.2, 0.25) is 0 Å². The number of aromatic amines is 1. The Hall–Kier alpha value is -2.28. The molecule has 0 aliphatic heterocycles. The molecule has 0 radical (unpaired) electrons. The first kappa shape index (κ1) is 13.7. The number of hydrogen-bond donors (Lipinski definition) is 1. The fourth-order valence-electron chi connectivity index (χ4n) is 2.04. The van der Waals surface area contributed by atoms with E-state index in [9.17, 15) is 13.2 Å². The number of fused-ring (bicyclic) bond motifs is 1. The monoisotopic (exact) mass is 313 g/mol. The lowest BCUT2D eigenvalue weighted by atomic mass is 10.1. The highest BCUT2D eigenvalue weighted by Gasteiger charge is 2.32. The zero-order chi connectivity index (χ0) is 15.0. The summed E-state index contributed by atoms with van der Waals surface area (Å²) in [5.41, 5.74) is 1.13. The summed E-state index contributed by atoms with van der Waals surface area (Å²) < 4.78 is 41.5. The summed E-state index contributed by atoms with van der Waals surface area (Å²) in [5.74, 6) is -0.314. The number of nitrogens with one attached hydrogen (secondary N) is 1. The van der Waals surface area contributed by atoms with Gasteiger partial charge in [0.15, 0.2) is 0 Å². The second-order valence-electron chi connectivity index (χ2n) is 4.13. The van der Waals surface area contributed by atoms with E-state index in [1.807, 2.05) is 0 Å². The van der Waals surface area contributed by atoms with Gasteiger partial charge in [-0.05, 0) is 6.07 Å². The summed E-state index contributed by atoms with van der Waals surface area (Å²) in [7, 11) is 0. The summed E-state index contributed by atoms with van der Waals surface area (Å²) in [6.45, 7) is 0. The lowest BCUT2D eigenvalue weighted by molar-refractivity contribution is -0.274. The number of H-pyrrole nitrogens is 1. The molecule has 3 rings (SSSR count). The third kappa shape index (κ3) is 2.64. The minimum Gasteiger partial charge on any atom is -0.405 e. The number of halogens is 4. The minimum absolute atomic E-state index is 0.151. The highest BCUT2D eigenvalue weighted by molar-refractivity contribution is 6.35. The molecule has 0 aliphatic carbocycles. The summed E-state index contributed by atoms with van der Waals surface area (Å²) >= 11 is 6.00. The Balaban J connectivity index is 2.20. The molecule has 2 heterocycles. The van der Waals surface area contributed by atoms with Crippen molar-refractivity contribution < 1.29 is 17.9 Å². The van der Waals surface area contributed by atoms with E-state index in [1.54, 1.807) is 6.07 Å². The number of nitrogens with zero attached hydrogens (tertiary/aromatic N) is 2. The second-order valence-corrected chi connectivity index (χ2v) is 4.49. The maximum absolute atomic E-state index is 12.5. The van der Waals surface area contributed by atoms with Crippen LogP contribution in [0.3, 0.4) is 0 Å². The topological polar surface area (TPSA) is 50.8 Å². The molecular weight excluding hydrogens is 307 g/mol. The van der Waals surface area contributed by atoms with E-state index < -0.39 is 6.36 Å². The van der Waals surface area contributed by atoms with Gasteiger partial charge < -0.3 is 9.72 Å². The summed E-state index contributed by atoms with van der Waals surface area (Å²) in [4.78, 5) is 10.7. The highest BCUT2D eigenvalue weighted by atomic mass is 35.5. The first-order valence-corrected chi connectivity index (χ1v) is 6.16. The zero-order valence-electron chi connectivity index (χ0n) is 10.3. The van der Waals surface area contributed by atoms with Crippen LogP contribution in [0.25, 0.3) is 22.2 Å².